The average Bonchev–Trinajstić information content (AvgIpc) is 0.784. The van der Waals surface area contributed by atoms with Crippen molar-refractivity contribution in [1.82, 2.24) is 79.7 Å². The maximum atomic E-state index is 14.5. The summed E-state index contributed by atoms with van der Waals surface area (Å²) in [7, 11) is 7.29. The van der Waals surface area contributed by atoms with Gasteiger partial charge in [0.1, 0.15) is 71.1 Å². The SMILES string of the molecule is CC(C)(c1cc(Cl)cc(-c2[c-]cc(Cl)nc2Cl)n1)c1cc(Cl)cc(-c2[c-]cc(Cl)nc2Cl)n1.CC(C)(c1cc(Cl)cc(-c2[c-]cc(F)nc2F)n1)c1cc(Cl)cc(-c2[c-]cc(F)nc2F)n1.CC(C)(c1cc(F)cc(-c2[c-]cc(Cl)nc2F)n1)c1cc(F)cc(-c2[c-]cc(Cl)nc2F)n1.CN(C)c1cc(-c2[c-]cc(F)nc2F)nc(C(C)(C)c2cc(N(C)C)cc(-c3[c-]cc(F)nc3F)n2)c1.[Pt+2].[Pt+2].[Pt+2].[Pt+2]. The third kappa shape index (κ3) is 27.1. The molecule has 0 saturated carbocycles. The van der Waals surface area contributed by atoms with Crippen molar-refractivity contribution < 1.29 is 137 Å². The second-order valence-corrected chi connectivity index (χ2v) is 35.9. The Kier molecular flexibility index (Phi) is 38.9. The number of hydrogen-bond donors (Lipinski definition) is 0. The maximum Gasteiger partial charge on any atom is 2.00 e. The van der Waals surface area contributed by atoms with Gasteiger partial charge in [0.25, 0.3) is 0 Å². The van der Waals surface area contributed by atoms with Gasteiger partial charge in [0.05, 0.1) is 0 Å². The molecule has 0 aliphatic carbocycles. The molecule has 16 heterocycles. The largest absolute Gasteiger partial charge is 2.00 e. The van der Waals surface area contributed by atoms with Crippen LogP contribution in [0.1, 0.15) is 101 Å². The Balaban J connectivity index is 0.000000207. The first kappa shape index (κ1) is 114. The molecule has 0 aliphatic heterocycles. The number of rotatable bonds is 18. The molecule has 16 aromatic rings. The summed E-state index contributed by atoms with van der Waals surface area (Å²) in [6.07, 6.45) is 0. The molecule has 728 valence electrons. The molecule has 140 heavy (non-hydrogen) atoms. The second-order valence-electron chi connectivity index (χ2n) is 31.9. The van der Waals surface area contributed by atoms with Gasteiger partial charge in [-0.25, -0.2) is 52.7 Å². The van der Waals surface area contributed by atoms with Crippen LogP contribution < -0.4 is 9.80 Å². The van der Waals surface area contributed by atoms with Crippen LogP contribution >= 0.6 is 116 Å². The molecule has 18 nitrogen and oxygen atoms in total. The normalized spacial score (nSPS) is 11.3. The van der Waals surface area contributed by atoms with Crippen molar-refractivity contribution in [2.45, 2.75) is 77.0 Å². The van der Waals surface area contributed by atoms with Crippen LogP contribution in [0.2, 0.25) is 51.0 Å². The van der Waals surface area contributed by atoms with Gasteiger partial charge in [0.15, 0.2) is 0 Å². The smallest absolute Gasteiger partial charge is 0.378 e. The quantitative estimate of drug-likeness (QED) is 0.0444. The van der Waals surface area contributed by atoms with Gasteiger partial charge in [-0.2, -0.15) is 0 Å². The first-order chi connectivity index (χ1) is 64.0. The van der Waals surface area contributed by atoms with Gasteiger partial charge in [-0.05, 0) is 162 Å². The van der Waals surface area contributed by atoms with Crippen LogP contribution in [0.4, 0.5) is 64.1 Å². The van der Waals surface area contributed by atoms with E-state index in [9.17, 15) is 52.7 Å². The molecular formula is C96H60Cl10F12N18Pt4. The summed E-state index contributed by atoms with van der Waals surface area (Å²) in [6, 6.07) is 54.3. The zero-order valence-corrected chi connectivity index (χ0v) is 90.1. The predicted octanol–water partition coefficient (Wildman–Crippen LogP) is 26.4. The minimum absolute atomic E-state index is 0. The van der Waals surface area contributed by atoms with Crippen LogP contribution in [0.3, 0.4) is 0 Å². The van der Waals surface area contributed by atoms with Crippen LogP contribution in [0, 0.1) is 120 Å². The molecule has 0 fully saturated rings. The van der Waals surface area contributed by atoms with E-state index in [1.165, 1.54) is 36.4 Å². The number of hydrogen-bond acceptors (Lipinski definition) is 18. The van der Waals surface area contributed by atoms with E-state index >= 15 is 0 Å². The summed E-state index contributed by atoms with van der Waals surface area (Å²) in [5.74, 6) is -11.6. The van der Waals surface area contributed by atoms with Gasteiger partial charge in [-0.15, -0.1) is 142 Å². The molecule has 0 bridgehead atoms. The number of halogens is 22. The Morgan fingerprint density at radius 1 is 0.214 bits per heavy atom. The Morgan fingerprint density at radius 3 is 0.621 bits per heavy atom. The molecule has 0 spiro atoms. The number of pyridine rings is 16. The summed E-state index contributed by atoms with van der Waals surface area (Å²) >= 11 is 61.0. The zero-order valence-electron chi connectivity index (χ0n) is 73.5. The molecule has 16 rings (SSSR count). The van der Waals surface area contributed by atoms with Crippen molar-refractivity contribution in [2.24, 2.45) is 0 Å². The summed E-state index contributed by atoms with van der Waals surface area (Å²) in [5, 5.41) is 1.94. The van der Waals surface area contributed by atoms with E-state index in [1.807, 2.05) is 77.8 Å². The molecule has 0 radical (unpaired) electrons. The molecule has 0 saturated heterocycles. The minimum atomic E-state index is -1.18. The Hall–Kier alpha value is -9.19. The zero-order chi connectivity index (χ0) is 98.8. The Morgan fingerprint density at radius 2 is 0.400 bits per heavy atom. The monoisotopic (exact) mass is 2820 g/mol. The van der Waals surface area contributed by atoms with E-state index in [2.05, 4.69) is 118 Å². The first-order valence-electron chi connectivity index (χ1n) is 39.4. The van der Waals surface area contributed by atoms with E-state index in [4.69, 9.17) is 126 Å². The average molecular weight is 2830 g/mol. The van der Waals surface area contributed by atoms with Crippen molar-refractivity contribution in [3.63, 3.8) is 0 Å². The van der Waals surface area contributed by atoms with Crippen LogP contribution in [-0.2, 0) is 106 Å². The number of aromatic nitrogens is 16. The van der Waals surface area contributed by atoms with Gasteiger partial charge < -0.3 is 59.6 Å². The Bertz CT molecular complexity index is 6430. The van der Waals surface area contributed by atoms with Crippen molar-refractivity contribution in [1.29, 1.82) is 0 Å². The topological polar surface area (TPSA) is 213 Å². The van der Waals surface area contributed by atoms with E-state index < -0.39 is 92.8 Å². The van der Waals surface area contributed by atoms with Gasteiger partial charge in [-0.3, -0.25) is 29.9 Å². The van der Waals surface area contributed by atoms with Crippen LogP contribution in [-0.4, -0.2) is 108 Å². The van der Waals surface area contributed by atoms with Crippen LogP contribution in [0.5, 0.6) is 0 Å². The van der Waals surface area contributed by atoms with Gasteiger partial charge in [0, 0.05) is 158 Å². The van der Waals surface area contributed by atoms with E-state index in [1.54, 1.807) is 76.2 Å². The maximum absolute atomic E-state index is 14.5. The third-order valence-corrected chi connectivity index (χ3v) is 22.7. The minimum Gasteiger partial charge on any atom is -0.378 e. The summed E-state index contributed by atoms with van der Waals surface area (Å²) in [4.78, 5) is 68.0. The van der Waals surface area contributed by atoms with Crippen molar-refractivity contribution >= 4 is 127 Å². The molecule has 0 amide bonds. The fourth-order valence-corrected chi connectivity index (χ4v) is 15.0. The molecule has 0 aromatic carbocycles. The summed E-state index contributed by atoms with van der Waals surface area (Å²) < 4.78 is 168. The molecule has 0 unspecified atom stereocenters. The van der Waals surface area contributed by atoms with Crippen LogP contribution in [0.25, 0.3) is 90.1 Å². The second kappa shape index (κ2) is 47.6. The number of nitrogens with zero attached hydrogens (tertiary/aromatic N) is 18. The predicted molar refractivity (Wildman–Crippen MR) is 497 cm³/mol. The van der Waals surface area contributed by atoms with Crippen molar-refractivity contribution in [3.05, 3.63) is 362 Å². The molecular weight excluding hydrogens is 2770 g/mol. The number of anilines is 2. The third-order valence-electron chi connectivity index (χ3n) is 20.5. The fourth-order valence-electron chi connectivity index (χ4n) is 13.1. The van der Waals surface area contributed by atoms with Crippen molar-refractivity contribution in [2.75, 3.05) is 38.0 Å². The first-order valence-corrected chi connectivity index (χ1v) is 43.2. The van der Waals surface area contributed by atoms with Gasteiger partial charge in [0.2, 0.25) is 0 Å². The fraction of sp³-hybridized carbons (Fsp3) is 0.167. The van der Waals surface area contributed by atoms with E-state index in [-0.39, 0.29) is 204 Å². The van der Waals surface area contributed by atoms with E-state index in [0.717, 1.165) is 48.5 Å². The van der Waals surface area contributed by atoms with Crippen molar-refractivity contribution in [3.8, 4) is 90.1 Å². The van der Waals surface area contributed by atoms with E-state index in [0.29, 0.717) is 78.1 Å². The molecule has 0 N–H and O–H groups in total. The summed E-state index contributed by atoms with van der Waals surface area (Å²) in [6.45, 7) is 14.4. The molecule has 16 aromatic heterocycles. The van der Waals surface area contributed by atoms with Crippen LogP contribution in [0.15, 0.2) is 146 Å². The summed E-state index contributed by atoms with van der Waals surface area (Å²) in [5.41, 5.74) is 2.46. The Labute approximate surface area is 902 Å². The van der Waals surface area contributed by atoms with Gasteiger partial charge in [-0.1, -0.05) is 152 Å². The molecule has 0 atom stereocenters. The molecule has 0 aliphatic rings. The standard InChI is InChI=1S/C27H24F4N6.C23H12Cl6N4.2C23H12Cl2F4N4.4Pt/c1-27(2,21-13-15(36(3)4)11-19(32-21)17-7-9-23(28)34-25(17)30)22-14-16(37(5)6)12-20(33-22)18-8-10-24(29)35-26(18)31;1-23(2,17-9-11(24)7-15(30-17)13-3-5-19(26)32-21(13)28)18-10-12(25)8-16(31-18)14-4-6-20(27)33-22(14)29;1-23(2,17-9-11(26)7-15(30-17)13-3-5-19(24)32-21(13)28)18-10-12(27)8-16(31-18)14-4-6-20(25)33-22(14)29;1-23(2,17-9-11(24)7-15(30-17)13-3-5-19(26)32-21(13)28)18-10-12(25)8-16(31-18)14-4-6-20(27)33-22(14)29;;;;/h9-14H,1-6H3;3*5-10H,1-2H3;;;;/q4*-2;4*+2. The van der Waals surface area contributed by atoms with Gasteiger partial charge >= 0.3 is 84.3 Å². The molecule has 44 heteroatoms.